The second kappa shape index (κ2) is 3.95. The van der Waals surface area contributed by atoms with Crippen LogP contribution in [0.15, 0.2) is 36.0 Å². The van der Waals surface area contributed by atoms with Crippen LogP contribution in [-0.4, -0.2) is 15.6 Å². The highest BCUT2D eigenvalue weighted by molar-refractivity contribution is 6.15. The number of aromatic nitrogens is 2. The molecule has 0 atom stereocenters. The van der Waals surface area contributed by atoms with E-state index in [0.717, 1.165) is 28.8 Å². The van der Waals surface area contributed by atoms with Crippen LogP contribution in [-0.2, 0) is 13.5 Å². The Morgan fingerprint density at radius 2 is 2.17 bits per heavy atom. The summed E-state index contributed by atoms with van der Waals surface area (Å²) in [5, 5.41) is 4.11. The maximum Gasteiger partial charge on any atom is 0.189 e. The number of ketones is 1. The van der Waals surface area contributed by atoms with Crippen LogP contribution in [0.4, 0.5) is 0 Å². The number of aryl methyl sites for hydroxylation is 2. The first-order chi connectivity index (χ1) is 8.65. The van der Waals surface area contributed by atoms with Gasteiger partial charge in [-0.1, -0.05) is 23.8 Å². The van der Waals surface area contributed by atoms with Gasteiger partial charge < -0.3 is 0 Å². The van der Waals surface area contributed by atoms with Gasteiger partial charge in [0, 0.05) is 30.8 Å². The third kappa shape index (κ3) is 1.68. The largest absolute Gasteiger partial charge is 0.289 e. The number of fused-ring (bicyclic) bond motifs is 1. The molecule has 0 spiro atoms. The minimum absolute atomic E-state index is 0.145. The van der Waals surface area contributed by atoms with Gasteiger partial charge in [-0.15, -0.1) is 0 Å². The van der Waals surface area contributed by atoms with Crippen LogP contribution in [0.1, 0.15) is 27.2 Å². The van der Waals surface area contributed by atoms with E-state index >= 15 is 0 Å². The predicted molar refractivity (Wildman–Crippen MR) is 70.4 cm³/mol. The average Bonchev–Trinajstić information content (AvgIpc) is 2.86. The van der Waals surface area contributed by atoms with E-state index in [0.29, 0.717) is 0 Å². The monoisotopic (exact) mass is 238 g/mol. The van der Waals surface area contributed by atoms with Crippen molar-refractivity contribution in [2.45, 2.75) is 13.3 Å². The molecule has 0 fully saturated rings. The molecule has 1 aliphatic rings. The number of nitrogens with zero attached hydrogens (tertiary/aromatic N) is 2. The number of hydrogen-bond donors (Lipinski definition) is 0. The van der Waals surface area contributed by atoms with Gasteiger partial charge in [0.15, 0.2) is 5.78 Å². The minimum Gasteiger partial charge on any atom is -0.289 e. The molecule has 0 saturated heterocycles. The van der Waals surface area contributed by atoms with Crippen LogP contribution in [0.2, 0.25) is 0 Å². The highest BCUT2D eigenvalue weighted by atomic mass is 16.1. The first-order valence-electron chi connectivity index (χ1n) is 5.98. The molecule has 0 N–H and O–H groups in total. The van der Waals surface area contributed by atoms with Crippen molar-refractivity contribution < 1.29 is 4.79 Å². The molecule has 3 rings (SSSR count). The number of carbonyl (C=O) groups is 1. The zero-order valence-corrected chi connectivity index (χ0v) is 10.5. The van der Waals surface area contributed by atoms with Crippen LogP contribution in [0.5, 0.6) is 0 Å². The zero-order chi connectivity index (χ0) is 12.7. The average molecular weight is 238 g/mol. The number of benzene rings is 1. The van der Waals surface area contributed by atoms with Crippen molar-refractivity contribution in [3.05, 3.63) is 58.4 Å². The van der Waals surface area contributed by atoms with E-state index in [1.165, 1.54) is 5.56 Å². The van der Waals surface area contributed by atoms with Gasteiger partial charge >= 0.3 is 0 Å². The normalized spacial score (nSPS) is 16.3. The summed E-state index contributed by atoms with van der Waals surface area (Å²) in [6.07, 6.45) is 4.40. The van der Waals surface area contributed by atoms with Crippen molar-refractivity contribution in [2.75, 3.05) is 0 Å². The van der Waals surface area contributed by atoms with E-state index in [9.17, 15) is 4.79 Å². The van der Waals surface area contributed by atoms with Gasteiger partial charge in [-0.05, 0) is 24.6 Å². The Kier molecular flexibility index (Phi) is 2.40. The lowest BCUT2D eigenvalue weighted by atomic mass is 10.1. The van der Waals surface area contributed by atoms with E-state index in [1.54, 1.807) is 10.9 Å². The van der Waals surface area contributed by atoms with E-state index in [1.807, 2.05) is 38.2 Å². The standard InChI is InChI=1S/C15H14N2O/c1-10-3-4-14-11(7-10)8-12(15(14)18)9-13-5-6-16-17(13)2/h3-7,9H,8H2,1-2H3/b12-9+. The number of hydrogen-bond acceptors (Lipinski definition) is 2. The molecule has 2 aromatic rings. The molecule has 1 heterocycles. The van der Waals surface area contributed by atoms with Crippen LogP contribution in [0, 0.1) is 6.92 Å². The molecular formula is C15H14N2O. The zero-order valence-electron chi connectivity index (χ0n) is 10.5. The fourth-order valence-electron chi connectivity index (χ4n) is 2.37. The summed E-state index contributed by atoms with van der Waals surface area (Å²) < 4.78 is 1.77. The third-order valence-electron chi connectivity index (χ3n) is 3.36. The van der Waals surface area contributed by atoms with Crippen LogP contribution in [0.3, 0.4) is 0 Å². The van der Waals surface area contributed by atoms with Gasteiger partial charge in [-0.25, -0.2) is 0 Å². The van der Waals surface area contributed by atoms with Crippen molar-refractivity contribution in [3.63, 3.8) is 0 Å². The molecule has 0 radical (unpaired) electrons. The maximum atomic E-state index is 12.2. The van der Waals surface area contributed by atoms with Crippen molar-refractivity contribution in [3.8, 4) is 0 Å². The first-order valence-corrected chi connectivity index (χ1v) is 5.98. The lowest BCUT2D eigenvalue weighted by molar-refractivity contribution is 0.104. The summed E-state index contributed by atoms with van der Waals surface area (Å²) >= 11 is 0. The second-order valence-corrected chi connectivity index (χ2v) is 4.72. The van der Waals surface area contributed by atoms with Crippen molar-refractivity contribution in [2.24, 2.45) is 7.05 Å². The van der Waals surface area contributed by atoms with E-state index in [-0.39, 0.29) is 5.78 Å². The summed E-state index contributed by atoms with van der Waals surface area (Å²) in [6, 6.07) is 7.92. The Balaban J connectivity index is 2.02. The summed E-state index contributed by atoms with van der Waals surface area (Å²) in [7, 11) is 1.88. The molecule has 3 heteroatoms. The summed E-state index contributed by atoms with van der Waals surface area (Å²) in [4.78, 5) is 12.2. The summed E-state index contributed by atoms with van der Waals surface area (Å²) in [6.45, 7) is 2.05. The molecule has 90 valence electrons. The Bertz CT molecular complexity index is 665. The molecule has 0 bridgehead atoms. The Morgan fingerprint density at radius 1 is 1.33 bits per heavy atom. The molecule has 0 saturated carbocycles. The first kappa shape index (κ1) is 11.0. The Morgan fingerprint density at radius 3 is 2.89 bits per heavy atom. The van der Waals surface area contributed by atoms with Gasteiger partial charge in [0.2, 0.25) is 0 Å². The molecule has 0 amide bonds. The molecule has 1 aromatic carbocycles. The van der Waals surface area contributed by atoms with Gasteiger partial charge in [0.25, 0.3) is 0 Å². The topological polar surface area (TPSA) is 34.9 Å². The number of Topliss-reactive ketones (excluding diaryl/α,β-unsaturated/α-hetero) is 1. The number of rotatable bonds is 1. The Labute approximate surface area is 106 Å². The van der Waals surface area contributed by atoms with Crippen molar-refractivity contribution in [1.29, 1.82) is 0 Å². The van der Waals surface area contributed by atoms with Crippen molar-refractivity contribution >= 4 is 11.9 Å². The minimum atomic E-state index is 0.145. The van der Waals surface area contributed by atoms with Gasteiger partial charge in [-0.2, -0.15) is 5.10 Å². The third-order valence-corrected chi connectivity index (χ3v) is 3.36. The lowest BCUT2D eigenvalue weighted by Gasteiger charge is -1.97. The van der Waals surface area contributed by atoms with Gasteiger partial charge in [-0.3, -0.25) is 9.48 Å². The number of allylic oxidation sites excluding steroid dienone is 1. The fraction of sp³-hybridized carbons (Fsp3) is 0.200. The van der Waals surface area contributed by atoms with Crippen LogP contribution >= 0.6 is 0 Å². The van der Waals surface area contributed by atoms with E-state index in [2.05, 4.69) is 11.2 Å². The van der Waals surface area contributed by atoms with Crippen LogP contribution in [0.25, 0.3) is 6.08 Å². The second-order valence-electron chi connectivity index (χ2n) is 4.72. The quantitative estimate of drug-likeness (QED) is 0.716. The van der Waals surface area contributed by atoms with Crippen LogP contribution < -0.4 is 0 Å². The smallest absolute Gasteiger partial charge is 0.189 e. The fourth-order valence-corrected chi connectivity index (χ4v) is 2.37. The highest BCUT2D eigenvalue weighted by Crippen LogP contribution is 2.28. The molecule has 0 aliphatic heterocycles. The SMILES string of the molecule is Cc1ccc2c(c1)C/C(=C\c1ccnn1C)C2=O. The molecule has 3 nitrogen and oxygen atoms in total. The van der Waals surface area contributed by atoms with Crippen molar-refractivity contribution in [1.82, 2.24) is 9.78 Å². The molecule has 0 unspecified atom stereocenters. The summed E-state index contributed by atoms with van der Waals surface area (Å²) in [5.41, 5.74) is 4.98. The maximum absolute atomic E-state index is 12.2. The number of carbonyl (C=O) groups excluding carboxylic acids is 1. The van der Waals surface area contributed by atoms with E-state index < -0.39 is 0 Å². The lowest BCUT2D eigenvalue weighted by Crippen LogP contribution is -1.98. The molecule has 1 aliphatic carbocycles. The summed E-state index contributed by atoms with van der Waals surface area (Å²) in [5.74, 6) is 0.145. The Hall–Kier alpha value is -2.16. The highest BCUT2D eigenvalue weighted by Gasteiger charge is 2.24. The molecule has 1 aromatic heterocycles. The predicted octanol–water partition coefficient (Wildman–Crippen LogP) is 2.55. The molecule has 18 heavy (non-hydrogen) atoms. The van der Waals surface area contributed by atoms with Gasteiger partial charge in [0.1, 0.15) is 0 Å². The van der Waals surface area contributed by atoms with Gasteiger partial charge in [0.05, 0.1) is 5.69 Å². The molecular weight excluding hydrogens is 224 g/mol. The van der Waals surface area contributed by atoms with E-state index in [4.69, 9.17) is 0 Å².